The number of hydrogen-bond donors (Lipinski definition) is 3. The van der Waals surface area contributed by atoms with Crippen LogP contribution in [-0.2, 0) is 24.2 Å². The number of amides is 1. The van der Waals surface area contributed by atoms with Crippen molar-refractivity contribution >= 4 is 28.9 Å². The molecule has 1 aromatic carbocycles. The molecular weight excluding hydrogens is 398 g/mol. The summed E-state index contributed by atoms with van der Waals surface area (Å²) in [6.45, 7) is 5.52. The van der Waals surface area contributed by atoms with Crippen LogP contribution in [0.4, 0.5) is 5.69 Å². The summed E-state index contributed by atoms with van der Waals surface area (Å²) in [5.74, 6) is 4.92. The zero-order valence-corrected chi connectivity index (χ0v) is 18.4. The van der Waals surface area contributed by atoms with Gasteiger partial charge in [0.25, 0.3) is 0 Å². The molecule has 1 aliphatic heterocycles. The summed E-state index contributed by atoms with van der Waals surface area (Å²) in [4.78, 5) is 28.5. The van der Waals surface area contributed by atoms with E-state index in [1.165, 1.54) is 4.88 Å². The third-order valence-corrected chi connectivity index (χ3v) is 7.57. The zero-order chi connectivity index (χ0) is 21.5. The van der Waals surface area contributed by atoms with Gasteiger partial charge in [0.2, 0.25) is 5.91 Å². The summed E-state index contributed by atoms with van der Waals surface area (Å²) in [6, 6.07) is 5.87. The molecule has 0 spiro atoms. The predicted molar refractivity (Wildman–Crippen MR) is 120 cm³/mol. The van der Waals surface area contributed by atoms with Crippen LogP contribution in [-0.4, -0.2) is 23.5 Å². The number of aryl methyl sites for hydroxylation is 1. The van der Waals surface area contributed by atoms with Gasteiger partial charge in [0, 0.05) is 35.0 Å². The SMILES string of the molecule is CC1(C)CCc2sc(-c3ccc(N4CCCCC4=O)cc3CNN)c(C(=O)O)c2C1. The first-order chi connectivity index (χ1) is 14.3. The van der Waals surface area contributed by atoms with Crippen molar-refractivity contribution in [2.75, 3.05) is 11.4 Å². The van der Waals surface area contributed by atoms with E-state index in [-0.39, 0.29) is 11.3 Å². The molecule has 1 amide bonds. The topological polar surface area (TPSA) is 95.7 Å². The molecule has 6 nitrogen and oxygen atoms in total. The summed E-state index contributed by atoms with van der Waals surface area (Å²) in [7, 11) is 0. The zero-order valence-electron chi connectivity index (χ0n) is 17.6. The number of carboxylic acids is 1. The van der Waals surface area contributed by atoms with Gasteiger partial charge in [0.05, 0.1) is 5.56 Å². The van der Waals surface area contributed by atoms with Gasteiger partial charge in [-0.05, 0) is 66.3 Å². The maximum atomic E-state index is 12.4. The fourth-order valence-corrected chi connectivity index (χ4v) is 6.01. The molecule has 2 heterocycles. The maximum absolute atomic E-state index is 12.4. The van der Waals surface area contributed by atoms with Gasteiger partial charge < -0.3 is 10.0 Å². The highest BCUT2D eigenvalue weighted by molar-refractivity contribution is 7.16. The lowest BCUT2D eigenvalue weighted by Crippen LogP contribution is -2.35. The number of hydrogen-bond acceptors (Lipinski definition) is 5. The molecule has 1 saturated heterocycles. The van der Waals surface area contributed by atoms with Crippen molar-refractivity contribution in [2.45, 2.75) is 58.9 Å². The van der Waals surface area contributed by atoms with E-state index in [0.717, 1.165) is 65.9 Å². The fourth-order valence-electron chi connectivity index (χ4n) is 4.64. The number of carbonyl (C=O) groups is 2. The molecular formula is C23H29N3O3S. The number of anilines is 1. The Morgan fingerprint density at radius 2 is 2.10 bits per heavy atom. The number of thiophene rings is 1. The summed E-state index contributed by atoms with van der Waals surface area (Å²) in [6.07, 6.45) is 5.26. The van der Waals surface area contributed by atoms with Gasteiger partial charge in [0.15, 0.2) is 0 Å². The Labute approximate surface area is 181 Å². The predicted octanol–water partition coefficient (Wildman–Crippen LogP) is 4.11. The van der Waals surface area contributed by atoms with Crippen LogP contribution < -0.4 is 16.2 Å². The number of carbonyl (C=O) groups excluding carboxylic acids is 1. The van der Waals surface area contributed by atoms with Gasteiger partial charge in [-0.25, -0.2) is 4.79 Å². The lowest BCUT2D eigenvalue weighted by atomic mass is 9.76. The summed E-state index contributed by atoms with van der Waals surface area (Å²) < 4.78 is 0. The van der Waals surface area contributed by atoms with Crippen molar-refractivity contribution in [3.05, 3.63) is 39.8 Å². The van der Waals surface area contributed by atoms with Gasteiger partial charge in [-0.3, -0.25) is 16.1 Å². The van der Waals surface area contributed by atoms with Crippen molar-refractivity contribution in [3.63, 3.8) is 0 Å². The molecule has 160 valence electrons. The Morgan fingerprint density at radius 1 is 1.30 bits per heavy atom. The number of hydrazine groups is 1. The Kier molecular flexibility index (Phi) is 5.70. The molecule has 2 aromatic rings. The molecule has 0 saturated carbocycles. The number of nitrogens with two attached hydrogens (primary N) is 1. The van der Waals surface area contributed by atoms with Crippen LogP contribution in [0.3, 0.4) is 0 Å². The van der Waals surface area contributed by atoms with Crippen molar-refractivity contribution in [3.8, 4) is 10.4 Å². The number of piperidine rings is 1. The second kappa shape index (κ2) is 8.13. The fraction of sp³-hybridized carbons (Fsp3) is 0.478. The van der Waals surface area contributed by atoms with Gasteiger partial charge in [0.1, 0.15) is 0 Å². The highest BCUT2D eigenvalue weighted by Gasteiger charge is 2.33. The Morgan fingerprint density at radius 3 is 2.80 bits per heavy atom. The maximum Gasteiger partial charge on any atom is 0.337 e. The van der Waals surface area contributed by atoms with Crippen LogP contribution in [0.25, 0.3) is 10.4 Å². The first kappa shape index (κ1) is 21.0. The molecule has 2 aliphatic rings. The van der Waals surface area contributed by atoms with E-state index >= 15 is 0 Å². The Hall–Kier alpha value is -2.22. The molecule has 30 heavy (non-hydrogen) atoms. The Balaban J connectivity index is 1.81. The summed E-state index contributed by atoms with van der Waals surface area (Å²) >= 11 is 1.60. The lowest BCUT2D eigenvalue weighted by molar-refractivity contribution is -0.119. The molecule has 1 fully saturated rings. The van der Waals surface area contributed by atoms with Crippen LogP contribution in [0, 0.1) is 5.41 Å². The van der Waals surface area contributed by atoms with E-state index in [0.29, 0.717) is 18.5 Å². The van der Waals surface area contributed by atoms with E-state index in [9.17, 15) is 14.7 Å². The summed E-state index contributed by atoms with van der Waals surface area (Å²) in [5.41, 5.74) is 6.89. The van der Waals surface area contributed by atoms with Gasteiger partial charge in [-0.15, -0.1) is 11.3 Å². The Bertz CT molecular complexity index is 996. The number of nitrogens with one attached hydrogen (secondary N) is 1. The van der Waals surface area contributed by atoms with E-state index in [4.69, 9.17) is 5.84 Å². The van der Waals surface area contributed by atoms with Crippen LogP contribution in [0.5, 0.6) is 0 Å². The number of rotatable bonds is 5. The van der Waals surface area contributed by atoms with E-state index in [1.54, 1.807) is 11.3 Å². The van der Waals surface area contributed by atoms with Gasteiger partial charge >= 0.3 is 5.97 Å². The average molecular weight is 428 g/mol. The highest BCUT2D eigenvalue weighted by atomic mass is 32.1. The summed E-state index contributed by atoms with van der Waals surface area (Å²) in [5, 5.41) is 10.1. The number of carboxylic acid groups (broad SMARTS) is 1. The first-order valence-corrected chi connectivity index (χ1v) is 11.4. The molecule has 0 unspecified atom stereocenters. The monoisotopic (exact) mass is 427 g/mol. The van der Waals surface area contributed by atoms with E-state index < -0.39 is 5.97 Å². The molecule has 1 aromatic heterocycles. The molecule has 4 rings (SSSR count). The van der Waals surface area contributed by atoms with Crippen molar-refractivity contribution in [2.24, 2.45) is 11.3 Å². The van der Waals surface area contributed by atoms with E-state index in [1.807, 2.05) is 23.1 Å². The van der Waals surface area contributed by atoms with Crippen LogP contribution in [0.1, 0.15) is 65.9 Å². The number of fused-ring (bicyclic) bond motifs is 1. The highest BCUT2D eigenvalue weighted by Crippen LogP contribution is 2.46. The first-order valence-electron chi connectivity index (χ1n) is 10.6. The standard InChI is InChI=1S/C23H29N3O3S/c1-23(2)9-8-18-17(12-23)20(22(28)29)21(30-18)16-7-6-15(11-14(16)13-25-24)26-10-4-3-5-19(26)27/h6-7,11,25H,3-5,8-10,12-13,24H2,1-2H3,(H,28,29). The minimum Gasteiger partial charge on any atom is -0.478 e. The van der Waals surface area contributed by atoms with Crippen molar-refractivity contribution < 1.29 is 14.7 Å². The third-order valence-electron chi connectivity index (χ3n) is 6.25. The van der Waals surface area contributed by atoms with Crippen molar-refractivity contribution in [1.29, 1.82) is 0 Å². The average Bonchev–Trinajstić information content (AvgIpc) is 3.06. The van der Waals surface area contributed by atoms with Crippen LogP contribution in [0.15, 0.2) is 18.2 Å². The largest absolute Gasteiger partial charge is 0.478 e. The van der Waals surface area contributed by atoms with Crippen molar-refractivity contribution in [1.82, 2.24) is 5.43 Å². The number of aromatic carboxylic acids is 1. The van der Waals surface area contributed by atoms with Crippen LogP contribution in [0.2, 0.25) is 0 Å². The minimum absolute atomic E-state index is 0.107. The molecule has 1 aliphatic carbocycles. The lowest BCUT2D eigenvalue weighted by Gasteiger charge is -2.29. The van der Waals surface area contributed by atoms with Gasteiger partial charge in [-0.2, -0.15) is 0 Å². The molecule has 4 N–H and O–H groups in total. The van der Waals surface area contributed by atoms with Gasteiger partial charge in [-0.1, -0.05) is 19.9 Å². The normalized spacial score (nSPS) is 18.4. The number of nitrogens with zero attached hydrogens (tertiary/aromatic N) is 1. The molecule has 0 atom stereocenters. The second-order valence-corrected chi connectivity index (χ2v) is 10.2. The smallest absolute Gasteiger partial charge is 0.337 e. The van der Waals surface area contributed by atoms with E-state index in [2.05, 4.69) is 19.3 Å². The number of benzene rings is 1. The molecule has 0 bridgehead atoms. The minimum atomic E-state index is -0.873. The third kappa shape index (κ3) is 3.89. The molecule has 0 radical (unpaired) electrons. The second-order valence-electron chi connectivity index (χ2n) is 9.08. The quantitative estimate of drug-likeness (QED) is 0.493. The van der Waals surface area contributed by atoms with Crippen LogP contribution >= 0.6 is 11.3 Å². The molecule has 7 heteroatoms.